The van der Waals surface area contributed by atoms with Gasteiger partial charge in [0.2, 0.25) is 0 Å². The molecule has 3 nitrogen and oxygen atoms in total. The summed E-state index contributed by atoms with van der Waals surface area (Å²) < 4.78 is 6.99. The van der Waals surface area contributed by atoms with E-state index in [0.717, 1.165) is 38.4 Å². The van der Waals surface area contributed by atoms with Crippen molar-refractivity contribution in [3.8, 4) is 11.5 Å². The van der Waals surface area contributed by atoms with E-state index in [4.69, 9.17) is 16.3 Å². The van der Waals surface area contributed by atoms with Crippen molar-refractivity contribution in [1.29, 1.82) is 0 Å². The second-order valence-electron chi connectivity index (χ2n) is 5.40. The highest BCUT2D eigenvalue weighted by molar-refractivity contribution is 14.1. The van der Waals surface area contributed by atoms with Gasteiger partial charge in [0.15, 0.2) is 0 Å². The third-order valence-corrected chi connectivity index (χ3v) is 5.08. The Balaban J connectivity index is 2.25. The highest BCUT2D eigenvalue weighted by atomic mass is 127. The van der Waals surface area contributed by atoms with E-state index in [1.165, 1.54) is 0 Å². The van der Waals surface area contributed by atoms with Gasteiger partial charge in [0.25, 0.3) is 0 Å². The van der Waals surface area contributed by atoms with Crippen LogP contribution in [0, 0.1) is 17.4 Å². The Morgan fingerprint density at radius 3 is 2.61 bits per heavy atom. The summed E-state index contributed by atoms with van der Waals surface area (Å²) in [6, 6.07) is 9.75. The van der Waals surface area contributed by atoms with Crippen LogP contribution in [-0.2, 0) is 0 Å². The number of halogens is 2. The van der Waals surface area contributed by atoms with E-state index < -0.39 is 0 Å². The first-order chi connectivity index (χ1) is 10.9. The van der Waals surface area contributed by atoms with Crippen LogP contribution in [0.15, 0.2) is 35.3 Å². The zero-order chi connectivity index (χ0) is 17.0. The monoisotopic (exact) mass is 442 g/mol. The largest absolute Gasteiger partial charge is 0.457 e. The fourth-order valence-corrected chi connectivity index (χ4v) is 2.44. The zero-order valence-corrected chi connectivity index (χ0v) is 16.6. The second-order valence-corrected chi connectivity index (χ2v) is 6.97. The molecule has 0 aliphatic carbocycles. The van der Waals surface area contributed by atoms with Crippen LogP contribution in [0.5, 0.6) is 11.5 Å². The average Bonchev–Trinajstić information content (AvgIpc) is 2.52. The second kappa shape index (κ2) is 8.02. The van der Waals surface area contributed by atoms with Crippen molar-refractivity contribution in [2.24, 2.45) is 4.99 Å². The van der Waals surface area contributed by atoms with E-state index in [9.17, 15) is 0 Å². The topological polar surface area (TPSA) is 24.8 Å². The van der Waals surface area contributed by atoms with Crippen molar-refractivity contribution in [3.05, 3.63) is 50.1 Å². The summed E-state index contributed by atoms with van der Waals surface area (Å²) in [7, 11) is 2.00. The van der Waals surface area contributed by atoms with Gasteiger partial charge in [-0.2, -0.15) is 0 Å². The molecule has 23 heavy (non-hydrogen) atoms. The van der Waals surface area contributed by atoms with Crippen LogP contribution in [0.4, 0.5) is 5.69 Å². The fourth-order valence-electron chi connectivity index (χ4n) is 1.93. The van der Waals surface area contributed by atoms with Gasteiger partial charge in [0, 0.05) is 23.2 Å². The lowest BCUT2D eigenvalue weighted by Gasteiger charge is -2.13. The molecule has 0 amide bonds. The van der Waals surface area contributed by atoms with Crippen LogP contribution >= 0.6 is 34.2 Å². The van der Waals surface area contributed by atoms with Crippen LogP contribution in [-0.4, -0.2) is 24.8 Å². The number of aryl methyl sites for hydroxylation is 2. The molecule has 0 saturated heterocycles. The highest BCUT2D eigenvalue weighted by Crippen LogP contribution is 2.33. The lowest BCUT2D eigenvalue weighted by atomic mass is 10.1. The smallest absolute Gasteiger partial charge is 0.130 e. The molecule has 0 bridgehead atoms. The van der Waals surface area contributed by atoms with E-state index in [1.807, 2.05) is 62.5 Å². The molecule has 0 aliphatic rings. The predicted octanol–water partition coefficient (Wildman–Crippen LogP) is 5.97. The quantitative estimate of drug-likeness (QED) is 0.324. The van der Waals surface area contributed by atoms with E-state index in [2.05, 4.69) is 34.5 Å². The number of rotatable bonds is 5. The van der Waals surface area contributed by atoms with Crippen LogP contribution in [0.2, 0.25) is 5.02 Å². The Bertz CT molecular complexity index is 731. The maximum absolute atomic E-state index is 6.15. The normalized spacial score (nSPS) is 11.0. The third-order valence-electron chi connectivity index (χ3n) is 3.51. The van der Waals surface area contributed by atoms with E-state index in [1.54, 1.807) is 0 Å². The zero-order valence-electron chi connectivity index (χ0n) is 13.7. The van der Waals surface area contributed by atoms with Crippen LogP contribution in [0.1, 0.15) is 18.1 Å². The third kappa shape index (κ3) is 4.85. The predicted molar refractivity (Wildman–Crippen MR) is 107 cm³/mol. The Kier molecular flexibility index (Phi) is 6.30. The minimum absolute atomic E-state index is 0.696. The molecule has 0 aliphatic heterocycles. The van der Waals surface area contributed by atoms with Gasteiger partial charge >= 0.3 is 0 Å². The summed E-state index contributed by atoms with van der Waals surface area (Å²) >= 11 is 8.35. The Morgan fingerprint density at radius 2 is 1.96 bits per heavy atom. The minimum atomic E-state index is 0.696. The van der Waals surface area contributed by atoms with E-state index >= 15 is 0 Å². The molecule has 2 rings (SSSR count). The minimum Gasteiger partial charge on any atom is -0.457 e. The number of hydrogen-bond donors (Lipinski definition) is 0. The molecule has 0 saturated carbocycles. The van der Waals surface area contributed by atoms with Crippen molar-refractivity contribution in [3.63, 3.8) is 0 Å². The fraction of sp³-hybridized carbons (Fsp3) is 0.278. The first kappa shape index (κ1) is 18.1. The van der Waals surface area contributed by atoms with Gasteiger partial charge in [-0.05, 0) is 78.8 Å². The van der Waals surface area contributed by atoms with Gasteiger partial charge in [0.05, 0.1) is 17.0 Å². The molecule has 0 heterocycles. The molecule has 0 N–H and O–H groups in total. The maximum atomic E-state index is 6.15. The van der Waals surface area contributed by atoms with Crippen LogP contribution in [0.25, 0.3) is 0 Å². The summed E-state index contributed by atoms with van der Waals surface area (Å²) in [6.07, 6.45) is 1.85. The van der Waals surface area contributed by atoms with E-state index in [-0.39, 0.29) is 0 Å². The standard InChI is InChI=1S/C18H20ClIN2O/c1-5-22(4)11-21-17-8-13(3)18(9-12(17)2)23-14-6-7-16(20)15(19)10-14/h6-11H,5H2,1-4H3. The number of aliphatic imine (C=N–C) groups is 1. The van der Waals surface area contributed by atoms with Gasteiger partial charge in [-0.25, -0.2) is 4.99 Å². The molecule has 0 spiro atoms. The van der Waals surface area contributed by atoms with Gasteiger partial charge < -0.3 is 9.64 Å². The van der Waals surface area contributed by atoms with Gasteiger partial charge in [-0.3, -0.25) is 0 Å². The summed E-state index contributed by atoms with van der Waals surface area (Å²) in [6.45, 7) is 7.07. The molecule has 122 valence electrons. The summed E-state index contributed by atoms with van der Waals surface area (Å²) in [4.78, 5) is 6.57. The maximum Gasteiger partial charge on any atom is 0.130 e. The van der Waals surface area contributed by atoms with Crippen LogP contribution in [0.3, 0.4) is 0 Å². The van der Waals surface area contributed by atoms with Gasteiger partial charge in [-0.15, -0.1) is 0 Å². The van der Waals surface area contributed by atoms with Crippen LogP contribution < -0.4 is 4.74 Å². The molecule has 2 aromatic carbocycles. The molecule has 0 atom stereocenters. The SMILES string of the molecule is CCN(C)C=Nc1cc(C)c(Oc2ccc(I)c(Cl)c2)cc1C. The van der Waals surface area contributed by atoms with Gasteiger partial charge in [-0.1, -0.05) is 11.6 Å². The molecule has 0 unspecified atom stereocenters. The Hall–Kier alpha value is -1.27. The first-order valence-electron chi connectivity index (χ1n) is 7.39. The highest BCUT2D eigenvalue weighted by Gasteiger charge is 2.07. The van der Waals surface area contributed by atoms with Crippen molar-refractivity contribution < 1.29 is 4.74 Å². The number of nitrogens with zero attached hydrogens (tertiary/aromatic N) is 2. The van der Waals surface area contributed by atoms with Gasteiger partial charge in [0.1, 0.15) is 11.5 Å². The lowest BCUT2D eigenvalue weighted by Crippen LogP contribution is -2.14. The lowest BCUT2D eigenvalue weighted by molar-refractivity contribution is 0.478. The molecule has 0 aromatic heterocycles. The molecule has 0 radical (unpaired) electrons. The average molecular weight is 443 g/mol. The van der Waals surface area contributed by atoms with Crippen molar-refractivity contribution >= 4 is 46.2 Å². The molecular formula is C18H20ClIN2O. The van der Waals surface area contributed by atoms with Crippen molar-refractivity contribution in [2.45, 2.75) is 20.8 Å². The van der Waals surface area contributed by atoms with E-state index in [0.29, 0.717) is 5.02 Å². The van der Waals surface area contributed by atoms with Crippen molar-refractivity contribution in [1.82, 2.24) is 4.90 Å². The Morgan fingerprint density at radius 1 is 1.22 bits per heavy atom. The summed E-state index contributed by atoms with van der Waals surface area (Å²) in [5.74, 6) is 1.56. The first-order valence-corrected chi connectivity index (χ1v) is 8.85. The van der Waals surface area contributed by atoms with Crippen molar-refractivity contribution in [2.75, 3.05) is 13.6 Å². The summed E-state index contributed by atoms with van der Waals surface area (Å²) in [5.41, 5.74) is 3.07. The Labute approximate surface area is 156 Å². The number of ether oxygens (including phenoxy) is 1. The molecule has 2 aromatic rings. The number of benzene rings is 2. The number of hydrogen-bond acceptors (Lipinski definition) is 2. The summed E-state index contributed by atoms with van der Waals surface area (Å²) in [5, 5.41) is 0.696. The molecule has 0 fully saturated rings. The molecule has 5 heteroatoms. The molecular weight excluding hydrogens is 423 g/mol.